The number of carboxylic acids is 1. The molecular weight excluding hydrogens is 148 g/mol. The Morgan fingerprint density at radius 3 is 2.09 bits per heavy atom. The molecule has 1 atom stereocenters. The van der Waals surface area contributed by atoms with Crippen molar-refractivity contribution in [3.63, 3.8) is 0 Å². The van der Waals surface area contributed by atoms with Gasteiger partial charge < -0.3 is 5.11 Å². The van der Waals surface area contributed by atoms with Crippen LogP contribution >= 0.6 is 0 Å². The second-order valence-electron chi connectivity index (χ2n) is 2.37. The summed E-state index contributed by atoms with van der Waals surface area (Å²) in [6, 6.07) is 0. The van der Waals surface area contributed by atoms with Crippen LogP contribution < -0.4 is 0 Å². The van der Waals surface area contributed by atoms with Gasteiger partial charge in [-0.15, -0.1) is 0 Å². The number of carbonyl (C=O) groups excluding carboxylic acids is 2. The lowest BCUT2D eigenvalue weighted by Gasteiger charge is -2.02. The Morgan fingerprint density at radius 2 is 1.82 bits per heavy atom. The first-order valence-electron chi connectivity index (χ1n) is 3.20. The molecule has 0 fully saturated rings. The van der Waals surface area contributed by atoms with Crippen LogP contribution in [0, 0.1) is 5.92 Å². The number of ketones is 2. The summed E-state index contributed by atoms with van der Waals surface area (Å²) in [4.78, 5) is 31.4. The molecule has 4 nitrogen and oxygen atoms in total. The lowest BCUT2D eigenvalue weighted by molar-refractivity contribution is -0.141. The molecule has 0 radical (unpaired) electrons. The van der Waals surface area contributed by atoms with Gasteiger partial charge in [0.05, 0.1) is 5.92 Å². The molecule has 0 amide bonds. The van der Waals surface area contributed by atoms with Gasteiger partial charge >= 0.3 is 5.97 Å². The molecule has 4 heteroatoms. The van der Waals surface area contributed by atoms with Gasteiger partial charge in [-0.2, -0.15) is 0 Å². The predicted molar refractivity (Wildman–Crippen MR) is 37.1 cm³/mol. The summed E-state index contributed by atoms with van der Waals surface area (Å²) in [6.07, 6.45) is -0.569. The summed E-state index contributed by atoms with van der Waals surface area (Å²) in [5.74, 6) is -2.81. The summed E-state index contributed by atoms with van der Waals surface area (Å²) >= 11 is 0. The molecule has 0 heterocycles. The summed E-state index contributed by atoms with van der Waals surface area (Å²) in [7, 11) is 0. The molecule has 11 heavy (non-hydrogen) atoms. The van der Waals surface area contributed by atoms with Gasteiger partial charge in [-0.3, -0.25) is 14.4 Å². The van der Waals surface area contributed by atoms with Gasteiger partial charge in [0.1, 0.15) is 12.2 Å². The maximum absolute atomic E-state index is 10.8. The first-order chi connectivity index (χ1) is 4.95. The molecule has 0 saturated carbocycles. The van der Waals surface area contributed by atoms with E-state index in [4.69, 9.17) is 5.11 Å². The van der Waals surface area contributed by atoms with E-state index in [9.17, 15) is 14.4 Å². The third kappa shape index (κ3) is 3.50. The van der Waals surface area contributed by atoms with Crippen LogP contribution in [0.5, 0.6) is 0 Å². The topological polar surface area (TPSA) is 71.4 Å². The minimum atomic E-state index is -1.19. The van der Waals surface area contributed by atoms with Gasteiger partial charge in [-0.25, -0.2) is 0 Å². The normalized spacial score (nSPS) is 12.2. The Labute approximate surface area is 64.2 Å². The quantitative estimate of drug-likeness (QED) is 0.595. The maximum atomic E-state index is 10.8. The number of aliphatic carboxylic acids is 1. The zero-order valence-electron chi connectivity index (χ0n) is 6.46. The molecule has 1 unspecified atom stereocenters. The van der Waals surface area contributed by atoms with Crippen molar-refractivity contribution < 1.29 is 19.5 Å². The molecule has 0 rings (SSSR count). The highest BCUT2D eigenvalue weighted by Gasteiger charge is 2.19. The van der Waals surface area contributed by atoms with Crippen LogP contribution in [-0.2, 0) is 14.4 Å². The zero-order chi connectivity index (χ0) is 9.02. The molecule has 0 saturated heterocycles. The fourth-order valence-electron chi connectivity index (χ4n) is 0.529. The van der Waals surface area contributed by atoms with Crippen LogP contribution in [0.4, 0.5) is 0 Å². The van der Waals surface area contributed by atoms with Crippen molar-refractivity contribution in [2.45, 2.75) is 20.3 Å². The van der Waals surface area contributed by atoms with E-state index in [0.717, 1.165) is 0 Å². The average Bonchev–Trinajstić information content (AvgIpc) is 1.84. The monoisotopic (exact) mass is 158 g/mol. The van der Waals surface area contributed by atoms with Crippen LogP contribution in [0.25, 0.3) is 0 Å². The van der Waals surface area contributed by atoms with Crippen LogP contribution in [0.15, 0.2) is 0 Å². The lowest BCUT2D eigenvalue weighted by Crippen LogP contribution is -2.21. The molecule has 0 aliphatic carbocycles. The standard InChI is InChI=1S/C7H10O4/c1-4(5(2)8)6(9)3-7(10)11/h4H,3H2,1-2H3,(H,10,11). The van der Waals surface area contributed by atoms with Crippen LogP contribution in [0.1, 0.15) is 20.3 Å². The van der Waals surface area contributed by atoms with E-state index in [2.05, 4.69) is 0 Å². The van der Waals surface area contributed by atoms with Gasteiger partial charge in [0.15, 0.2) is 5.78 Å². The third-order valence-corrected chi connectivity index (χ3v) is 1.42. The first kappa shape index (κ1) is 9.81. The van der Waals surface area contributed by atoms with Crippen LogP contribution in [0.3, 0.4) is 0 Å². The predicted octanol–water partition coefficient (Wildman–Crippen LogP) is 0.255. The number of hydrogen-bond acceptors (Lipinski definition) is 3. The number of rotatable bonds is 4. The number of carbonyl (C=O) groups is 3. The molecule has 1 N–H and O–H groups in total. The Bertz CT molecular complexity index is 195. The van der Waals surface area contributed by atoms with E-state index in [1.807, 2.05) is 0 Å². The third-order valence-electron chi connectivity index (χ3n) is 1.42. The zero-order valence-corrected chi connectivity index (χ0v) is 6.46. The highest BCUT2D eigenvalue weighted by molar-refractivity contribution is 6.06. The fourth-order valence-corrected chi connectivity index (χ4v) is 0.529. The molecule has 0 spiro atoms. The molecule has 0 aromatic carbocycles. The molecular formula is C7H10O4. The van der Waals surface area contributed by atoms with Crippen LogP contribution in [-0.4, -0.2) is 22.6 Å². The number of hydrogen-bond donors (Lipinski definition) is 1. The Morgan fingerprint density at radius 1 is 1.36 bits per heavy atom. The van der Waals surface area contributed by atoms with E-state index in [-0.39, 0.29) is 5.78 Å². The smallest absolute Gasteiger partial charge is 0.310 e. The lowest BCUT2D eigenvalue weighted by atomic mass is 10.0. The van der Waals surface area contributed by atoms with E-state index in [1.165, 1.54) is 13.8 Å². The van der Waals surface area contributed by atoms with E-state index < -0.39 is 24.1 Å². The molecule has 0 aliphatic heterocycles. The minimum absolute atomic E-state index is 0.295. The SMILES string of the molecule is CC(=O)C(C)C(=O)CC(=O)O. The largest absolute Gasteiger partial charge is 0.481 e. The Hall–Kier alpha value is -1.19. The van der Waals surface area contributed by atoms with Crippen molar-refractivity contribution in [2.75, 3.05) is 0 Å². The van der Waals surface area contributed by atoms with Gasteiger partial charge in [0.2, 0.25) is 0 Å². The van der Waals surface area contributed by atoms with Crippen molar-refractivity contribution in [3.05, 3.63) is 0 Å². The number of carboxylic acid groups (broad SMARTS) is 1. The van der Waals surface area contributed by atoms with Gasteiger partial charge in [0, 0.05) is 0 Å². The Kier molecular flexibility index (Phi) is 3.44. The molecule has 62 valence electrons. The van der Waals surface area contributed by atoms with E-state index >= 15 is 0 Å². The van der Waals surface area contributed by atoms with Gasteiger partial charge in [0.25, 0.3) is 0 Å². The van der Waals surface area contributed by atoms with Crippen molar-refractivity contribution in [2.24, 2.45) is 5.92 Å². The first-order valence-corrected chi connectivity index (χ1v) is 3.20. The summed E-state index contributed by atoms with van der Waals surface area (Å²) in [6.45, 7) is 2.68. The maximum Gasteiger partial charge on any atom is 0.310 e. The van der Waals surface area contributed by atoms with Crippen molar-refractivity contribution in [1.82, 2.24) is 0 Å². The van der Waals surface area contributed by atoms with Gasteiger partial charge in [-0.05, 0) is 13.8 Å². The summed E-state index contributed by atoms with van der Waals surface area (Å²) < 4.78 is 0. The fraction of sp³-hybridized carbons (Fsp3) is 0.571. The van der Waals surface area contributed by atoms with E-state index in [0.29, 0.717) is 0 Å². The van der Waals surface area contributed by atoms with E-state index in [1.54, 1.807) is 0 Å². The van der Waals surface area contributed by atoms with Crippen molar-refractivity contribution in [3.8, 4) is 0 Å². The second-order valence-corrected chi connectivity index (χ2v) is 2.37. The summed E-state index contributed by atoms with van der Waals surface area (Å²) in [5, 5.41) is 8.18. The Balaban J connectivity index is 4.04. The molecule has 0 aliphatic rings. The molecule has 0 aromatic heterocycles. The highest BCUT2D eigenvalue weighted by atomic mass is 16.4. The van der Waals surface area contributed by atoms with Gasteiger partial charge in [-0.1, -0.05) is 0 Å². The summed E-state index contributed by atoms with van der Waals surface area (Å²) in [5.41, 5.74) is 0. The molecule has 0 bridgehead atoms. The minimum Gasteiger partial charge on any atom is -0.481 e. The molecule has 0 aromatic rings. The number of Topliss-reactive ketones (excluding diaryl/α,β-unsaturated/α-hetero) is 2. The van der Waals surface area contributed by atoms with Crippen molar-refractivity contribution >= 4 is 17.5 Å². The average molecular weight is 158 g/mol. The van der Waals surface area contributed by atoms with Crippen molar-refractivity contribution in [1.29, 1.82) is 0 Å². The highest BCUT2D eigenvalue weighted by Crippen LogP contribution is 2.01. The van der Waals surface area contributed by atoms with Crippen LogP contribution in [0.2, 0.25) is 0 Å². The second kappa shape index (κ2) is 3.85.